The number of fused-ring (bicyclic) bond motifs is 1. The standard InChI is InChI=1S/C19H27N5O3S/c1-13(2)12-24-18(26)15-9-6-5-8-14(15)16(21-24)17(25)22-23(3)19(28)20-10-7-11-27-4/h5-6,8-9,13H,7,10-12H2,1-4H3,(H,20,28)(H,22,25). The first-order chi connectivity index (χ1) is 13.3. The number of nitrogens with one attached hydrogen (secondary N) is 2. The van der Waals surface area contributed by atoms with Crippen molar-refractivity contribution in [2.24, 2.45) is 5.92 Å². The van der Waals surface area contributed by atoms with E-state index in [1.54, 1.807) is 38.4 Å². The van der Waals surface area contributed by atoms with Crippen LogP contribution in [0.2, 0.25) is 0 Å². The Bertz CT molecular complexity index is 897. The molecule has 2 N–H and O–H groups in total. The molecule has 0 aliphatic heterocycles. The molecule has 0 fully saturated rings. The highest BCUT2D eigenvalue weighted by molar-refractivity contribution is 7.80. The van der Waals surface area contributed by atoms with E-state index >= 15 is 0 Å². The maximum atomic E-state index is 12.9. The molecule has 1 heterocycles. The molecule has 2 aromatic rings. The number of rotatable bonds is 7. The van der Waals surface area contributed by atoms with Crippen LogP contribution in [0.3, 0.4) is 0 Å². The van der Waals surface area contributed by atoms with E-state index in [0.29, 0.717) is 35.6 Å². The summed E-state index contributed by atoms with van der Waals surface area (Å²) in [5, 5.41) is 10.2. The van der Waals surface area contributed by atoms with Crippen LogP contribution < -0.4 is 16.3 Å². The lowest BCUT2D eigenvalue weighted by molar-refractivity contribution is 0.0880. The lowest BCUT2D eigenvalue weighted by Gasteiger charge is -2.22. The lowest BCUT2D eigenvalue weighted by atomic mass is 10.1. The largest absolute Gasteiger partial charge is 0.385 e. The van der Waals surface area contributed by atoms with Crippen LogP contribution in [-0.4, -0.2) is 53.1 Å². The second kappa shape index (κ2) is 10.1. The van der Waals surface area contributed by atoms with Crippen LogP contribution in [0.15, 0.2) is 29.1 Å². The fourth-order valence-electron chi connectivity index (χ4n) is 2.66. The number of methoxy groups -OCH3 is 1. The summed E-state index contributed by atoms with van der Waals surface area (Å²) in [6, 6.07) is 6.98. The summed E-state index contributed by atoms with van der Waals surface area (Å²) in [5.74, 6) is -0.217. The molecule has 0 aliphatic rings. The van der Waals surface area contributed by atoms with Gasteiger partial charge >= 0.3 is 0 Å². The van der Waals surface area contributed by atoms with E-state index in [9.17, 15) is 9.59 Å². The summed E-state index contributed by atoms with van der Waals surface area (Å²) in [6.07, 6.45) is 0.796. The van der Waals surface area contributed by atoms with E-state index < -0.39 is 5.91 Å². The summed E-state index contributed by atoms with van der Waals surface area (Å²) in [7, 11) is 3.29. The first-order valence-electron chi connectivity index (χ1n) is 9.16. The number of carbonyl (C=O) groups is 1. The SMILES string of the molecule is COCCCNC(=S)N(C)NC(=O)c1nn(CC(C)C)c(=O)c2ccccc12. The van der Waals surface area contributed by atoms with Gasteiger partial charge in [0.25, 0.3) is 11.5 Å². The minimum atomic E-state index is -0.433. The predicted octanol–water partition coefficient (Wildman–Crippen LogP) is 1.54. The highest BCUT2D eigenvalue weighted by Gasteiger charge is 2.19. The van der Waals surface area contributed by atoms with Crippen molar-refractivity contribution < 1.29 is 9.53 Å². The maximum absolute atomic E-state index is 12.9. The number of aromatic nitrogens is 2. The van der Waals surface area contributed by atoms with Gasteiger partial charge in [-0.2, -0.15) is 5.10 Å². The molecule has 1 aromatic heterocycles. The van der Waals surface area contributed by atoms with Gasteiger partial charge in [0, 0.05) is 39.2 Å². The van der Waals surface area contributed by atoms with Crippen LogP contribution >= 0.6 is 12.2 Å². The van der Waals surface area contributed by atoms with Crippen molar-refractivity contribution in [3.05, 3.63) is 40.3 Å². The molecular weight excluding hydrogens is 378 g/mol. The highest BCUT2D eigenvalue weighted by atomic mass is 32.1. The molecule has 0 radical (unpaired) electrons. The second-order valence-electron chi connectivity index (χ2n) is 6.85. The first-order valence-corrected chi connectivity index (χ1v) is 9.57. The molecule has 0 spiro atoms. The minimum Gasteiger partial charge on any atom is -0.385 e. The van der Waals surface area contributed by atoms with Crippen LogP contribution in [0.5, 0.6) is 0 Å². The van der Waals surface area contributed by atoms with Gasteiger partial charge in [-0.25, -0.2) is 4.68 Å². The summed E-state index contributed by atoms with van der Waals surface area (Å²) in [5.41, 5.74) is 2.69. The number of nitrogens with zero attached hydrogens (tertiary/aromatic N) is 3. The molecule has 0 saturated heterocycles. The average molecular weight is 406 g/mol. The number of carbonyl (C=O) groups excluding carboxylic acids is 1. The first kappa shape index (κ1) is 21.8. The molecule has 0 bridgehead atoms. The number of hydrazine groups is 1. The average Bonchev–Trinajstić information content (AvgIpc) is 2.66. The van der Waals surface area contributed by atoms with Crippen molar-refractivity contribution in [2.75, 3.05) is 27.3 Å². The van der Waals surface area contributed by atoms with Gasteiger partial charge in [0.05, 0.1) is 5.39 Å². The van der Waals surface area contributed by atoms with E-state index in [1.165, 1.54) is 9.69 Å². The Morgan fingerprint density at radius 1 is 1.32 bits per heavy atom. The van der Waals surface area contributed by atoms with Crippen molar-refractivity contribution in [3.8, 4) is 0 Å². The molecule has 1 amide bonds. The van der Waals surface area contributed by atoms with Gasteiger partial charge in [-0.1, -0.05) is 32.0 Å². The number of hydrogen-bond donors (Lipinski definition) is 2. The van der Waals surface area contributed by atoms with Crippen LogP contribution in [0.1, 0.15) is 30.8 Å². The molecule has 8 nitrogen and oxygen atoms in total. The molecular formula is C19H27N5O3S. The Hall–Kier alpha value is -2.52. The Labute approximate surface area is 169 Å². The quantitative estimate of drug-likeness (QED) is 0.410. The summed E-state index contributed by atoms with van der Waals surface area (Å²) < 4.78 is 6.34. The molecule has 0 saturated carbocycles. The third-order valence-corrected chi connectivity index (χ3v) is 4.41. The van der Waals surface area contributed by atoms with E-state index in [2.05, 4.69) is 15.8 Å². The molecule has 28 heavy (non-hydrogen) atoms. The fraction of sp³-hybridized carbons (Fsp3) is 0.474. The predicted molar refractivity (Wildman–Crippen MR) is 113 cm³/mol. The van der Waals surface area contributed by atoms with Crippen molar-refractivity contribution in [1.82, 2.24) is 25.5 Å². The monoisotopic (exact) mass is 405 g/mol. The Balaban J connectivity index is 2.23. The van der Waals surface area contributed by atoms with Gasteiger partial charge in [0.2, 0.25) is 0 Å². The second-order valence-corrected chi connectivity index (χ2v) is 7.24. The van der Waals surface area contributed by atoms with Crippen LogP contribution in [0, 0.1) is 5.92 Å². The van der Waals surface area contributed by atoms with Crippen LogP contribution in [-0.2, 0) is 11.3 Å². The zero-order valence-corrected chi connectivity index (χ0v) is 17.5. The number of benzene rings is 1. The van der Waals surface area contributed by atoms with Gasteiger partial charge in [0.1, 0.15) is 0 Å². The molecule has 9 heteroatoms. The van der Waals surface area contributed by atoms with Crippen molar-refractivity contribution in [1.29, 1.82) is 0 Å². The van der Waals surface area contributed by atoms with Gasteiger partial charge in [0.15, 0.2) is 10.8 Å². The van der Waals surface area contributed by atoms with Crippen molar-refractivity contribution in [2.45, 2.75) is 26.8 Å². The summed E-state index contributed by atoms with van der Waals surface area (Å²) in [6.45, 7) is 5.67. The normalized spacial score (nSPS) is 10.9. The third-order valence-electron chi connectivity index (χ3n) is 4.00. The topological polar surface area (TPSA) is 88.5 Å². The molecule has 0 unspecified atom stereocenters. The minimum absolute atomic E-state index is 0.185. The third kappa shape index (κ3) is 5.49. The molecule has 0 aliphatic carbocycles. The van der Waals surface area contributed by atoms with Crippen molar-refractivity contribution in [3.63, 3.8) is 0 Å². The van der Waals surface area contributed by atoms with E-state index in [1.807, 2.05) is 13.8 Å². The Morgan fingerprint density at radius 2 is 2.00 bits per heavy atom. The van der Waals surface area contributed by atoms with E-state index in [-0.39, 0.29) is 17.2 Å². The van der Waals surface area contributed by atoms with Crippen LogP contribution in [0.4, 0.5) is 0 Å². The number of hydrogen-bond acceptors (Lipinski definition) is 5. The number of amides is 1. The number of thiocarbonyl (C=S) groups is 1. The highest BCUT2D eigenvalue weighted by Crippen LogP contribution is 2.14. The molecule has 1 aromatic carbocycles. The zero-order chi connectivity index (χ0) is 20.7. The molecule has 2 rings (SSSR count). The van der Waals surface area contributed by atoms with Gasteiger partial charge in [-0.15, -0.1) is 0 Å². The van der Waals surface area contributed by atoms with E-state index in [0.717, 1.165) is 6.42 Å². The molecule has 152 valence electrons. The molecule has 0 atom stereocenters. The van der Waals surface area contributed by atoms with Gasteiger partial charge < -0.3 is 10.1 Å². The van der Waals surface area contributed by atoms with Crippen LogP contribution in [0.25, 0.3) is 10.8 Å². The summed E-state index contributed by atoms with van der Waals surface area (Å²) in [4.78, 5) is 25.5. The van der Waals surface area contributed by atoms with Gasteiger partial charge in [-0.05, 0) is 30.6 Å². The smallest absolute Gasteiger partial charge is 0.290 e. The maximum Gasteiger partial charge on any atom is 0.290 e. The van der Waals surface area contributed by atoms with E-state index in [4.69, 9.17) is 17.0 Å². The zero-order valence-electron chi connectivity index (χ0n) is 16.7. The van der Waals surface area contributed by atoms with Crippen molar-refractivity contribution >= 4 is 34.0 Å². The Kier molecular flexibility index (Phi) is 7.89. The summed E-state index contributed by atoms with van der Waals surface area (Å²) >= 11 is 5.28. The van der Waals surface area contributed by atoms with Gasteiger partial charge in [-0.3, -0.25) is 20.0 Å². The Morgan fingerprint density at radius 3 is 2.64 bits per heavy atom. The fourth-order valence-corrected chi connectivity index (χ4v) is 2.81. The lowest BCUT2D eigenvalue weighted by Crippen LogP contribution is -2.48. The number of ether oxygens (including phenoxy) is 1.